The van der Waals surface area contributed by atoms with Gasteiger partial charge in [-0.15, -0.1) is 0 Å². The Morgan fingerprint density at radius 3 is 1.22 bits per heavy atom. The lowest BCUT2D eigenvalue weighted by atomic mass is 10.1. The van der Waals surface area contributed by atoms with Gasteiger partial charge in [-0.25, -0.2) is 0 Å². The molecular formula is C22H47NO3S. The van der Waals surface area contributed by atoms with Crippen molar-refractivity contribution in [2.24, 2.45) is 0 Å². The summed E-state index contributed by atoms with van der Waals surface area (Å²) in [5.74, 6) is -0.138. The largest absolute Gasteiger partial charge is 0.302 e. The lowest BCUT2D eigenvalue weighted by Crippen LogP contribution is -2.31. The van der Waals surface area contributed by atoms with Crippen LogP contribution in [0.25, 0.3) is 0 Å². The number of hydrogen-bond donors (Lipinski definition) is 1. The van der Waals surface area contributed by atoms with Crippen LogP contribution in [-0.2, 0) is 10.1 Å². The molecule has 0 heterocycles. The molecule has 1 N–H and O–H groups in total. The zero-order valence-corrected chi connectivity index (χ0v) is 19.1. The van der Waals surface area contributed by atoms with E-state index in [2.05, 4.69) is 18.7 Å². The van der Waals surface area contributed by atoms with Crippen LogP contribution in [0.5, 0.6) is 0 Å². The summed E-state index contributed by atoms with van der Waals surface area (Å²) in [6.45, 7) is 6.86. The van der Waals surface area contributed by atoms with Crippen molar-refractivity contribution < 1.29 is 13.0 Å². The minimum absolute atomic E-state index is 0.138. The third-order valence-corrected chi connectivity index (χ3v) is 6.02. The normalized spacial score (nSPS) is 12.1. The van der Waals surface area contributed by atoms with Crippen molar-refractivity contribution >= 4 is 10.1 Å². The van der Waals surface area contributed by atoms with Crippen molar-refractivity contribution in [2.75, 3.05) is 25.4 Å². The van der Waals surface area contributed by atoms with Crippen molar-refractivity contribution in [3.8, 4) is 0 Å². The topological polar surface area (TPSA) is 57.6 Å². The van der Waals surface area contributed by atoms with Gasteiger partial charge in [0.2, 0.25) is 0 Å². The third-order valence-electron chi connectivity index (χ3n) is 5.32. The summed E-state index contributed by atoms with van der Waals surface area (Å²) < 4.78 is 31.1. The molecule has 0 aliphatic carbocycles. The maximum Gasteiger partial charge on any atom is 0.266 e. The Morgan fingerprint density at radius 2 is 0.889 bits per heavy atom. The van der Waals surface area contributed by atoms with Crippen LogP contribution in [0.1, 0.15) is 117 Å². The summed E-state index contributed by atoms with van der Waals surface area (Å²) in [4.78, 5) is 2.23. The van der Waals surface area contributed by atoms with Gasteiger partial charge in [-0.2, -0.15) is 8.42 Å². The number of hydrogen-bond acceptors (Lipinski definition) is 3. The van der Waals surface area contributed by atoms with Gasteiger partial charge in [0.15, 0.2) is 0 Å². The van der Waals surface area contributed by atoms with Gasteiger partial charge >= 0.3 is 0 Å². The second-order valence-electron chi connectivity index (χ2n) is 8.08. The van der Waals surface area contributed by atoms with E-state index in [0.717, 1.165) is 25.9 Å². The highest BCUT2D eigenvalue weighted by molar-refractivity contribution is 7.85. The smallest absolute Gasteiger partial charge is 0.266 e. The first-order valence-corrected chi connectivity index (χ1v) is 13.3. The SMILES string of the molecule is CCCCCCCCCCCCN(CCCCCCCC)CCS(=O)(=O)O. The summed E-state index contributed by atoms with van der Waals surface area (Å²) in [5, 5.41) is 0. The molecule has 0 aromatic carbocycles. The van der Waals surface area contributed by atoms with Crippen molar-refractivity contribution in [3.63, 3.8) is 0 Å². The Hall–Kier alpha value is -0.130. The van der Waals surface area contributed by atoms with Crippen molar-refractivity contribution in [1.29, 1.82) is 0 Å². The average Bonchev–Trinajstić information content (AvgIpc) is 2.62. The molecule has 5 heteroatoms. The number of nitrogens with zero attached hydrogens (tertiary/aromatic N) is 1. The van der Waals surface area contributed by atoms with Crippen LogP contribution in [-0.4, -0.2) is 43.3 Å². The molecule has 0 aliphatic heterocycles. The maximum absolute atomic E-state index is 11.1. The molecule has 0 aliphatic rings. The van der Waals surface area contributed by atoms with E-state index in [4.69, 9.17) is 4.55 Å². The van der Waals surface area contributed by atoms with Gasteiger partial charge in [-0.3, -0.25) is 4.55 Å². The van der Waals surface area contributed by atoms with E-state index < -0.39 is 10.1 Å². The summed E-state index contributed by atoms with van der Waals surface area (Å²) in [6, 6.07) is 0. The molecule has 0 amide bonds. The molecule has 0 atom stereocenters. The first kappa shape index (κ1) is 26.9. The molecule has 4 nitrogen and oxygen atoms in total. The van der Waals surface area contributed by atoms with Crippen LogP contribution >= 0.6 is 0 Å². The minimum Gasteiger partial charge on any atom is -0.302 e. The molecular weight excluding hydrogens is 358 g/mol. The zero-order valence-electron chi connectivity index (χ0n) is 18.3. The molecule has 0 aromatic heterocycles. The van der Waals surface area contributed by atoms with Gasteiger partial charge in [0, 0.05) is 6.54 Å². The molecule has 0 spiro atoms. The second kappa shape index (κ2) is 19.2. The second-order valence-corrected chi connectivity index (χ2v) is 9.65. The van der Waals surface area contributed by atoms with Gasteiger partial charge in [0.1, 0.15) is 0 Å². The van der Waals surface area contributed by atoms with Gasteiger partial charge in [0.25, 0.3) is 10.1 Å². The van der Waals surface area contributed by atoms with E-state index in [0.29, 0.717) is 6.54 Å². The molecule has 0 aromatic rings. The molecule has 27 heavy (non-hydrogen) atoms. The van der Waals surface area contributed by atoms with Crippen LogP contribution < -0.4 is 0 Å². The number of rotatable bonds is 21. The fourth-order valence-electron chi connectivity index (χ4n) is 3.52. The summed E-state index contributed by atoms with van der Waals surface area (Å²) in [6.07, 6.45) is 20.7. The van der Waals surface area contributed by atoms with E-state index >= 15 is 0 Å². The quantitative estimate of drug-likeness (QED) is 0.176. The molecule has 164 valence electrons. The van der Waals surface area contributed by atoms with Crippen LogP contribution in [0, 0.1) is 0 Å². The average molecular weight is 406 g/mol. The Kier molecular flexibility index (Phi) is 19.1. The Morgan fingerprint density at radius 1 is 0.556 bits per heavy atom. The lowest BCUT2D eigenvalue weighted by molar-refractivity contribution is 0.272. The predicted octanol–water partition coefficient (Wildman–Crippen LogP) is 6.46. The van der Waals surface area contributed by atoms with Crippen LogP contribution in [0.15, 0.2) is 0 Å². The van der Waals surface area contributed by atoms with E-state index in [1.807, 2.05) is 0 Å². The summed E-state index contributed by atoms with van der Waals surface area (Å²) in [7, 11) is -3.86. The predicted molar refractivity (Wildman–Crippen MR) is 118 cm³/mol. The Bertz CT molecular complexity index is 398. The van der Waals surface area contributed by atoms with Crippen molar-refractivity contribution in [1.82, 2.24) is 4.90 Å². The molecule has 0 saturated carbocycles. The standard InChI is InChI=1S/C22H47NO3S/c1-3-5-7-9-11-12-13-14-16-18-20-23(21-22-27(24,25)26)19-17-15-10-8-6-4-2/h3-22H2,1-2H3,(H,24,25,26). The molecule has 0 bridgehead atoms. The zero-order chi connectivity index (χ0) is 20.2. The highest BCUT2D eigenvalue weighted by Gasteiger charge is 2.10. The molecule has 0 saturated heterocycles. The minimum atomic E-state index is -3.86. The third kappa shape index (κ3) is 22.0. The van der Waals surface area contributed by atoms with Crippen LogP contribution in [0.2, 0.25) is 0 Å². The van der Waals surface area contributed by atoms with Crippen LogP contribution in [0.3, 0.4) is 0 Å². The van der Waals surface area contributed by atoms with Crippen LogP contribution in [0.4, 0.5) is 0 Å². The highest BCUT2D eigenvalue weighted by atomic mass is 32.2. The highest BCUT2D eigenvalue weighted by Crippen LogP contribution is 2.11. The van der Waals surface area contributed by atoms with Gasteiger partial charge in [-0.1, -0.05) is 104 Å². The molecule has 0 radical (unpaired) electrons. The van der Waals surface area contributed by atoms with E-state index in [-0.39, 0.29) is 5.75 Å². The first-order valence-electron chi connectivity index (χ1n) is 11.7. The summed E-state index contributed by atoms with van der Waals surface area (Å²) in [5.41, 5.74) is 0. The van der Waals surface area contributed by atoms with Gasteiger partial charge in [0.05, 0.1) is 5.75 Å². The molecule has 0 rings (SSSR count). The van der Waals surface area contributed by atoms with Gasteiger partial charge < -0.3 is 4.90 Å². The van der Waals surface area contributed by atoms with Crippen molar-refractivity contribution in [3.05, 3.63) is 0 Å². The Labute approximate surface area is 170 Å². The first-order chi connectivity index (χ1) is 13.0. The monoisotopic (exact) mass is 405 g/mol. The molecule has 0 fully saturated rings. The van der Waals surface area contributed by atoms with E-state index in [9.17, 15) is 8.42 Å². The fraction of sp³-hybridized carbons (Fsp3) is 1.00. The van der Waals surface area contributed by atoms with Gasteiger partial charge in [-0.05, 0) is 25.9 Å². The van der Waals surface area contributed by atoms with Crippen molar-refractivity contribution in [2.45, 2.75) is 117 Å². The van der Waals surface area contributed by atoms with E-state index in [1.165, 1.54) is 89.9 Å². The number of unbranched alkanes of at least 4 members (excludes halogenated alkanes) is 14. The fourth-order valence-corrected chi connectivity index (χ4v) is 4.01. The lowest BCUT2D eigenvalue weighted by Gasteiger charge is -2.21. The molecule has 0 unspecified atom stereocenters. The maximum atomic E-state index is 11.1. The summed E-state index contributed by atoms with van der Waals surface area (Å²) >= 11 is 0. The Balaban J connectivity index is 3.79. The van der Waals surface area contributed by atoms with E-state index in [1.54, 1.807) is 0 Å².